The van der Waals surface area contributed by atoms with Gasteiger partial charge in [-0.3, -0.25) is 4.99 Å². The highest BCUT2D eigenvalue weighted by molar-refractivity contribution is 14.0. The molecule has 2 N–H and O–H groups in total. The highest BCUT2D eigenvalue weighted by Gasteiger charge is 2.14. The third kappa shape index (κ3) is 7.22. The quantitative estimate of drug-likeness (QED) is 0.269. The van der Waals surface area contributed by atoms with Crippen LogP contribution in [0.5, 0.6) is 5.75 Å². The maximum atomic E-state index is 6.07. The van der Waals surface area contributed by atoms with Gasteiger partial charge in [0.1, 0.15) is 11.4 Å². The van der Waals surface area contributed by atoms with E-state index in [1.807, 2.05) is 81.9 Å². The maximum Gasteiger partial charge on any atom is 0.191 e. The minimum absolute atomic E-state index is 0. The third-order valence-electron chi connectivity index (χ3n) is 4.55. The zero-order chi connectivity index (χ0) is 22.4. The number of hydrogen-bond donors (Lipinski definition) is 2. The Kier molecular flexibility index (Phi) is 9.06. The van der Waals surface area contributed by atoms with Crippen molar-refractivity contribution >= 4 is 29.9 Å². The lowest BCUT2D eigenvalue weighted by Crippen LogP contribution is -2.36. The van der Waals surface area contributed by atoms with Crippen molar-refractivity contribution in [1.29, 1.82) is 0 Å². The first-order valence-electron chi connectivity index (χ1n) is 10.4. The number of aliphatic imine (C=N–C) groups is 1. The number of hydrogen-bond acceptors (Lipinski definition) is 4. The van der Waals surface area contributed by atoms with Crippen molar-refractivity contribution in [2.24, 2.45) is 4.99 Å². The number of benzene rings is 1. The number of halogens is 1. The summed E-state index contributed by atoms with van der Waals surface area (Å²) in [6, 6.07) is 14.1. The number of nitrogens with one attached hydrogen (secondary N) is 2. The Balaban J connectivity index is 0.00000363. The predicted molar refractivity (Wildman–Crippen MR) is 140 cm³/mol. The van der Waals surface area contributed by atoms with Crippen LogP contribution in [0.2, 0.25) is 0 Å². The molecule has 1 aromatic carbocycles. The Morgan fingerprint density at radius 1 is 1.06 bits per heavy atom. The largest absolute Gasteiger partial charge is 0.488 e. The summed E-state index contributed by atoms with van der Waals surface area (Å²) in [6.45, 7) is 11.4. The van der Waals surface area contributed by atoms with E-state index < -0.39 is 0 Å². The normalized spacial score (nSPS) is 11.6. The van der Waals surface area contributed by atoms with Crippen LogP contribution in [0, 0.1) is 13.8 Å². The first-order chi connectivity index (χ1) is 14.7. The number of pyridine rings is 1. The van der Waals surface area contributed by atoms with E-state index in [0.29, 0.717) is 19.0 Å². The molecule has 0 unspecified atom stereocenters. The average molecular weight is 548 g/mol. The molecule has 0 spiro atoms. The Morgan fingerprint density at radius 3 is 2.38 bits per heavy atom. The fourth-order valence-corrected chi connectivity index (χ4v) is 3.17. The summed E-state index contributed by atoms with van der Waals surface area (Å²) in [4.78, 5) is 8.87. The van der Waals surface area contributed by atoms with E-state index in [4.69, 9.17) is 4.74 Å². The molecule has 0 aliphatic carbocycles. The van der Waals surface area contributed by atoms with Gasteiger partial charge in [-0.25, -0.2) is 9.67 Å². The summed E-state index contributed by atoms with van der Waals surface area (Å²) < 4.78 is 7.92. The molecule has 0 aliphatic heterocycles. The van der Waals surface area contributed by atoms with Gasteiger partial charge in [0, 0.05) is 37.6 Å². The summed E-state index contributed by atoms with van der Waals surface area (Å²) >= 11 is 0. The molecule has 0 aliphatic rings. The molecule has 0 saturated heterocycles. The molecule has 172 valence electrons. The van der Waals surface area contributed by atoms with E-state index in [1.165, 1.54) is 0 Å². The van der Waals surface area contributed by atoms with Crippen molar-refractivity contribution in [3.63, 3.8) is 0 Å². The number of aromatic nitrogens is 3. The van der Waals surface area contributed by atoms with Crippen molar-refractivity contribution in [2.75, 3.05) is 7.05 Å². The smallest absolute Gasteiger partial charge is 0.191 e. The molecule has 8 heteroatoms. The van der Waals surface area contributed by atoms with Crippen molar-refractivity contribution < 1.29 is 4.74 Å². The molecular weight excluding hydrogens is 515 g/mol. The first kappa shape index (κ1) is 25.6. The van der Waals surface area contributed by atoms with Gasteiger partial charge < -0.3 is 15.4 Å². The number of guanidine groups is 1. The van der Waals surface area contributed by atoms with Gasteiger partial charge in [-0.1, -0.05) is 24.3 Å². The second-order valence-corrected chi connectivity index (χ2v) is 8.47. The molecule has 2 aromatic heterocycles. The topological polar surface area (TPSA) is 76.4 Å². The van der Waals surface area contributed by atoms with Gasteiger partial charge >= 0.3 is 0 Å². The highest BCUT2D eigenvalue weighted by atomic mass is 127. The lowest BCUT2D eigenvalue weighted by atomic mass is 10.1. The molecule has 3 aromatic rings. The van der Waals surface area contributed by atoms with E-state index in [0.717, 1.165) is 34.1 Å². The molecule has 0 radical (unpaired) electrons. The summed E-state index contributed by atoms with van der Waals surface area (Å²) in [6.07, 6.45) is 1.86. The van der Waals surface area contributed by atoms with Crippen molar-refractivity contribution in [3.8, 4) is 11.6 Å². The summed E-state index contributed by atoms with van der Waals surface area (Å²) in [7, 11) is 1.76. The minimum Gasteiger partial charge on any atom is -0.488 e. The Labute approximate surface area is 207 Å². The van der Waals surface area contributed by atoms with Gasteiger partial charge in [-0.05, 0) is 58.4 Å². The van der Waals surface area contributed by atoms with Crippen LogP contribution in [0.4, 0.5) is 0 Å². The van der Waals surface area contributed by atoms with E-state index >= 15 is 0 Å². The van der Waals surface area contributed by atoms with E-state index in [9.17, 15) is 0 Å². The number of para-hydroxylation sites is 1. The number of rotatable bonds is 6. The SMILES string of the molecule is CN=C(NCc1ccc(-n2nc(C)cc2C)nc1)NCc1ccccc1OC(C)(C)C.I. The Hall–Kier alpha value is -2.62. The molecular formula is C24H33IN6O. The van der Waals surface area contributed by atoms with Crippen LogP contribution >= 0.6 is 24.0 Å². The minimum atomic E-state index is -0.247. The second kappa shape index (κ2) is 11.3. The molecule has 2 heterocycles. The van der Waals surface area contributed by atoms with Crippen LogP contribution in [0.3, 0.4) is 0 Å². The fraction of sp³-hybridized carbons (Fsp3) is 0.375. The van der Waals surface area contributed by atoms with Crippen LogP contribution in [-0.2, 0) is 13.1 Å². The van der Waals surface area contributed by atoms with E-state index in [-0.39, 0.29) is 29.6 Å². The third-order valence-corrected chi connectivity index (χ3v) is 4.55. The van der Waals surface area contributed by atoms with Gasteiger partial charge in [0.05, 0.1) is 5.69 Å². The first-order valence-corrected chi connectivity index (χ1v) is 10.4. The van der Waals surface area contributed by atoms with Gasteiger partial charge in [0.2, 0.25) is 0 Å². The van der Waals surface area contributed by atoms with Gasteiger partial charge in [-0.15, -0.1) is 24.0 Å². The fourth-order valence-electron chi connectivity index (χ4n) is 3.17. The lowest BCUT2D eigenvalue weighted by molar-refractivity contribution is 0.129. The Bertz CT molecular complexity index is 1040. The molecule has 0 atom stereocenters. The molecule has 0 bridgehead atoms. The number of ether oxygens (including phenoxy) is 1. The molecule has 3 rings (SSSR count). The van der Waals surface area contributed by atoms with E-state index in [1.54, 1.807) is 7.05 Å². The van der Waals surface area contributed by atoms with Crippen molar-refractivity contribution in [2.45, 2.75) is 53.3 Å². The number of aryl methyl sites for hydroxylation is 2. The predicted octanol–water partition coefficient (Wildman–Crippen LogP) is 4.54. The molecule has 0 amide bonds. The summed E-state index contributed by atoms with van der Waals surface area (Å²) in [5.74, 6) is 2.40. The molecule has 7 nitrogen and oxygen atoms in total. The highest BCUT2D eigenvalue weighted by Crippen LogP contribution is 2.22. The summed E-state index contributed by atoms with van der Waals surface area (Å²) in [5.41, 5.74) is 3.94. The van der Waals surface area contributed by atoms with Crippen LogP contribution in [0.15, 0.2) is 53.7 Å². The molecule has 0 saturated carbocycles. The van der Waals surface area contributed by atoms with Gasteiger partial charge in [0.15, 0.2) is 11.8 Å². The van der Waals surface area contributed by atoms with Crippen LogP contribution in [-0.4, -0.2) is 33.4 Å². The average Bonchev–Trinajstić information content (AvgIpc) is 3.06. The Morgan fingerprint density at radius 2 is 1.78 bits per heavy atom. The van der Waals surface area contributed by atoms with Crippen LogP contribution < -0.4 is 15.4 Å². The standard InChI is InChI=1S/C24H32N6O.HI/c1-17-13-18(2)30(29-17)22-12-11-19(14-26-22)15-27-23(25-6)28-16-20-9-7-8-10-21(20)31-24(3,4)5;/h7-14H,15-16H2,1-6H3,(H2,25,27,28);1H. The maximum absolute atomic E-state index is 6.07. The number of nitrogens with zero attached hydrogens (tertiary/aromatic N) is 4. The van der Waals surface area contributed by atoms with Crippen LogP contribution in [0.25, 0.3) is 5.82 Å². The molecule has 32 heavy (non-hydrogen) atoms. The van der Waals surface area contributed by atoms with Gasteiger partial charge in [-0.2, -0.15) is 5.10 Å². The zero-order valence-corrected chi connectivity index (χ0v) is 22.0. The second-order valence-electron chi connectivity index (χ2n) is 8.47. The summed E-state index contributed by atoms with van der Waals surface area (Å²) in [5, 5.41) is 11.2. The van der Waals surface area contributed by atoms with Gasteiger partial charge in [0.25, 0.3) is 0 Å². The lowest BCUT2D eigenvalue weighted by Gasteiger charge is -2.23. The zero-order valence-electron chi connectivity index (χ0n) is 19.6. The van der Waals surface area contributed by atoms with Crippen LogP contribution in [0.1, 0.15) is 43.3 Å². The van der Waals surface area contributed by atoms with Crippen molar-refractivity contribution in [1.82, 2.24) is 25.4 Å². The van der Waals surface area contributed by atoms with E-state index in [2.05, 4.69) is 31.8 Å². The molecule has 0 fully saturated rings. The monoisotopic (exact) mass is 548 g/mol. The van der Waals surface area contributed by atoms with Crippen molar-refractivity contribution in [3.05, 3.63) is 71.2 Å².